The van der Waals surface area contributed by atoms with Gasteiger partial charge in [-0.15, -0.1) is 0 Å². The van der Waals surface area contributed by atoms with E-state index in [1.54, 1.807) is 20.3 Å². The monoisotopic (exact) mass is 281 g/mol. The SMILES string of the molecule is COc1cc(OC)nc(N(C)CCC2CCCCO2)n1. The molecule has 112 valence electrons. The quantitative estimate of drug-likeness (QED) is 0.793. The average molecular weight is 281 g/mol. The highest BCUT2D eigenvalue weighted by Gasteiger charge is 2.16. The van der Waals surface area contributed by atoms with Crippen LogP contribution in [-0.2, 0) is 4.74 Å². The maximum Gasteiger partial charge on any atom is 0.231 e. The summed E-state index contributed by atoms with van der Waals surface area (Å²) in [6.45, 7) is 1.73. The number of anilines is 1. The Hall–Kier alpha value is -1.56. The van der Waals surface area contributed by atoms with E-state index in [1.807, 2.05) is 11.9 Å². The Morgan fingerprint density at radius 1 is 1.25 bits per heavy atom. The Labute approximate surface area is 120 Å². The van der Waals surface area contributed by atoms with Crippen molar-refractivity contribution in [3.8, 4) is 11.8 Å². The maximum absolute atomic E-state index is 5.74. The number of methoxy groups -OCH3 is 2. The Morgan fingerprint density at radius 2 is 1.95 bits per heavy atom. The fraction of sp³-hybridized carbons (Fsp3) is 0.714. The minimum absolute atomic E-state index is 0.360. The van der Waals surface area contributed by atoms with Crippen LogP contribution in [0, 0.1) is 0 Å². The smallest absolute Gasteiger partial charge is 0.231 e. The predicted octanol–water partition coefficient (Wildman–Crippen LogP) is 1.89. The first kappa shape index (κ1) is 14.8. The molecule has 1 saturated heterocycles. The Morgan fingerprint density at radius 3 is 2.50 bits per heavy atom. The summed E-state index contributed by atoms with van der Waals surface area (Å²) >= 11 is 0. The Kier molecular flexibility index (Phi) is 5.40. The molecule has 0 aromatic carbocycles. The summed E-state index contributed by atoms with van der Waals surface area (Å²) in [4.78, 5) is 10.7. The zero-order chi connectivity index (χ0) is 14.4. The van der Waals surface area contributed by atoms with E-state index >= 15 is 0 Å². The third-order valence-electron chi connectivity index (χ3n) is 3.49. The second-order valence-corrected chi connectivity index (χ2v) is 4.95. The summed E-state index contributed by atoms with van der Waals surface area (Å²) < 4.78 is 16.1. The normalized spacial score (nSPS) is 18.6. The van der Waals surface area contributed by atoms with Crippen LogP contribution in [0.1, 0.15) is 25.7 Å². The molecule has 20 heavy (non-hydrogen) atoms. The van der Waals surface area contributed by atoms with Gasteiger partial charge < -0.3 is 19.1 Å². The summed E-state index contributed by atoms with van der Waals surface area (Å²) in [5, 5.41) is 0. The van der Waals surface area contributed by atoms with E-state index in [-0.39, 0.29) is 0 Å². The fourth-order valence-corrected chi connectivity index (χ4v) is 2.24. The molecule has 0 bridgehead atoms. The maximum atomic E-state index is 5.74. The van der Waals surface area contributed by atoms with E-state index < -0.39 is 0 Å². The molecule has 6 nitrogen and oxygen atoms in total. The van der Waals surface area contributed by atoms with Crippen molar-refractivity contribution in [3.63, 3.8) is 0 Å². The van der Waals surface area contributed by atoms with Gasteiger partial charge >= 0.3 is 0 Å². The molecular formula is C14H23N3O3. The van der Waals surface area contributed by atoms with Crippen molar-refractivity contribution < 1.29 is 14.2 Å². The van der Waals surface area contributed by atoms with Gasteiger partial charge in [-0.25, -0.2) is 0 Å². The molecule has 0 amide bonds. The van der Waals surface area contributed by atoms with E-state index in [2.05, 4.69) is 9.97 Å². The molecule has 6 heteroatoms. The molecule has 0 radical (unpaired) electrons. The molecule has 2 rings (SSSR count). The summed E-state index contributed by atoms with van der Waals surface area (Å²) in [5.41, 5.74) is 0. The van der Waals surface area contributed by atoms with Gasteiger partial charge in [-0.2, -0.15) is 9.97 Å². The largest absolute Gasteiger partial charge is 0.481 e. The van der Waals surface area contributed by atoms with E-state index in [0.29, 0.717) is 23.8 Å². The Bertz CT molecular complexity index is 400. The van der Waals surface area contributed by atoms with Crippen molar-refractivity contribution in [2.45, 2.75) is 31.8 Å². The van der Waals surface area contributed by atoms with Crippen LogP contribution in [0.15, 0.2) is 6.07 Å². The molecular weight excluding hydrogens is 258 g/mol. The van der Waals surface area contributed by atoms with Gasteiger partial charge in [0.1, 0.15) is 0 Å². The summed E-state index contributed by atoms with van der Waals surface area (Å²) in [6, 6.07) is 1.67. The number of hydrogen-bond donors (Lipinski definition) is 0. The van der Waals surface area contributed by atoms with Crippen molar-refractivity contribution in [1.82, 2.24) is 9.97 Å². The van der Waals surface area contributed by atoms with Crippen LogP contribution < -0.4 is 14.4 Å². The minimum Gasteiger partial charge on any atom is -0.481 e. The van der Waals surface area contributed by atoms with Gasteiger partial charge in [0.05, 0.1) is 26.4 Å². The summed E-state index contributed by atoms with van der Waals surface area (Å²) in [6.07, 6.45) is 4.94. The molecule has 0 aliphatic carbocycles. The fourth-order valence-electron chi connectivity index (χ4n) is 2.24. The Balaban J connectivity index is 1.95. The molecule has 1 aromatic heterocycles. The standard InChI is InChI=1S/C14H23N3O3/c1-17(8-7-11-6-4-5-9-20-11)14-15-12(18-2)10-13(16-14)19-3/h10-11H,4-9H2,1-3H3. The minimum atomic E-state index is 0.360. The molecule has 0 N–H and O–H groups in total. The number of hydrogen-bond acceptors (Lipinski definition) is 6. The highest BCUT2D eigenvalue weighted by Crippen LogP contribution is 2.21. The molecule has 2 heterocycles. The molecule has 0 saturated carbocycles. The van der Waals surface area contributed by atoms with E-state index in [4.69, 9.17) is 14.2 Å². The van der Waals surface area contributed by atoms with Crippen molar-refractivity contribution in [3.05, 3.63) is 6.07 Å². The number of rotatable bonds is 6. The van der Waals surface area contributed by atoms with Crippen molar-refractivity contribution in [2.24, 2.45) is 0 Å². The van der Waals surface area contributed by atoms with Gasteiger partial charge in [0.25, 0.3) is 0 Å². The molecule has 1 aromatic rings. The van der Waals surface area contributed by atoms with Gasteiger partial charge in [-0.3, -0.25) is 0 Å². The van der Waals surface area contributed by atoms with Crippen LogP contribution in [0.2, 0.25) is 0 Å². The van der Waals surface area contributed by atoms with Crippen LogP contribution in [-0.4, -0.2) is 50.5 Å². The van der Waals surface area contributed by atoms with Crippen molar-refractivity contribution in [2.75, 3.05) is 39.3 Å². The lowest BCUT2D eigenvalue weighted by atomic mass is 10.1. The summed E-state index contributed by atoms with van der Waals surface area (Å²) in [5.74, 6) is 1.62. The van der Waals surface area contributed by atoms with Gasteiger partial charge in [0, 0.05) is 20.2 Å². The predicted molar refractivity (Wildman–Crippen MR) is 76.6 cm³/mol. The number of nitrogens with zero attached hydrogens (tertiary/aromatic N) is 3. The van der Waals surface area contributed by atoms with Gasteiger partial charge in [0.15, 0.2) is 0 Å². The summed E-state index contributed by atoms with van der Waals surface area (Å²) in [7, 11) is 5.14. The third kappa shape index (κ3) is 3.96. The van der Waals surface area contributed by atoms with E-state index in [1.165, 1.54) is 12.8 Å². The lowest BCUT2D eigenvalue weighted by Gasteiger charge is -2.25. The second-order valence-electron chi connectivity index (χ2n) is 4.95. The van der Waals surface area contributed by atoms with Crippen LogP contribution in [0.25, 0.3) is 0 Å². The lowest BCUT2D eigenvalue weighted by molar-refractivity contribution is 0.0126. The highest BCUT2D eigenvalue weighted by molar-refractivity contribution is 5.35. The molecule has 1 fully saturated rings. The lowest BCUT2D eigenvalue weighted by Crippen LogP contribution is -2.28. The zero-order valence-electron chi connectivity index (χ0n) is 12.5. The zero-order valence-corrected chi connectivity index (χ0v) is 12.5. The van der Waals surface area contributed by atoms with Gasteiger partial charge in [0.2, 0.25) is 17.7 Å². The molecule has 0 spiro atoms. The van der Waals surface area contributed by atoms with Crippen LogP contribution >= 0.6 is 0 Å². The van der Waals surface area contributed by atoms with Crippen LogP contribution in [0.5, 0.6) is 11.8 Å². The second kappa shape index (κ2) is 7.28. The number of ether oxygens (including phenoxy) is 3. The highest BCUT2D eigenvalue weighted by atomic mass is 16.5. The van der Waals surface area contributed by atoms with E-state index in [9.17, 15) is 0 Å². The van der Waals surface area contributed by atoms with Gasteiger partial charge in [-0.05, 0) is 25.7 Å². The van der Waals surface area contributed by atoms with Crippen LogP contribution in [0.3, 0.4) is 0 Å². The van der Waals surface area contributed by atoms with Gasteiger partial charge in [-0.1, -0.05) is 0 Å². The molecule has 1 atom stereocenters. The number of aromatic nitrogens is 2. The molecule has 1 aliphatic heterocycles. The third-order valence-corrected chi connectivity index (χ3v) is 3.49. The molecule has 1 unspecified atom stereocenters. The topological polar surface area (TPSA) is 56.7 Å². The van der Waals surface area contributed by atoms with Crippen LogP contribution in [0.4, 0.5) is 5.95 Å². The first-order valence-corrected chi connectivity index (χ1v) is 7.02. The first-order valence-electron chi connectivity index (χ1n) is 7.02. The van der Waals surface area contributed by atoms with E-state index in [0.717, 1.165) is 26.0 Å². The first-order chi connectivity index (χ1) is 9.72. The average Bonchev–Trinajstić information content (AvgIpc) is 2.52. The molecule has 1 aliphatic rings. The van der Waals surface area contributed by atoms with Crippen molar-refractivity contribution >= 4 is 5.95 Å². The van der Waals surface area contributed by atoms with Crippen molar-refractivity contribution in [1.29, 1.82) is 0 Å².